The Labute approximate surface area is 212 Å². The lowest BCUT2D eigenvalue weighted by atomic mass is 9.91. The lowest BCUT2D eigenvalue weighted by Gasteiger charge is -2.41. The molecule has 8 nitrogen and oxygen atoms in total. The van der Waals surface area contributed by atoms with Crippen molar-refractivity contribution in [3.05, 3.63) is 59.4 Å². The first kappa shape index (κ1) is 24.4. The molecular formula is C28H34N4O4. The molecule has 2 aromatic rings. The van der Waals surface area contributed by atoms with Crippen molar-refractivity contribution in [3.8, 4) is 0 Å². The Hall–Kier alpha value is -3.26. The molecule has 0 bridgehead atoms. The minimum absolute atomic E-state index is 0.0659. The number of ether oxygens (including phenoxy) is 1. The fraction of sp³-hybridized carbons (Fsp3) is 0.500. The number of hydrogen-bond acceptors (Lipinski definition) is 6. The van der Waals surface area contributed by atoms with Gasteiger partial charge in [-0.25, -0.2) is 0 Å². The smallest absolute Gasteiger partial charge is 0.263 e. The molecule has 190 valence electrons. The fourth-order valence-corrected chi connectivity index (χ4v) is 5.90. The number of carbonyl (C=O) groups excluding carboxylic acids is 3. The average molecular weight is 491 g/mol. The van der Waals surface area contributed by atoms with E-state index in [9.17, 15) is 14.4 Å². The maximum absolute atomic E-state index is 13.8. The summed E-state index contributed by atoms with van der Waals surface area (Å²) >= 11 is 0. The number of likely N-dealkylation sites (tertiary alicyclic amines) is 1. The number of aromatic nitrogens is 1. The molecule has 8 heteroatoms. The van der Waals surface area contributed by atoms with Crippen LogP contribution in [-0.2, 0) is 9.53 Å². The summed E-state index contributed by atoms with van der Waals surface area (Å²) in [5.41, 5.74) is 2.78. The molecule has 1 aromatic heterocycles. The number of methoxy groups -OCH3 is 1. The number of rotatable bonds is 7. The second-order valence-corrected chi connectivity index (χ2v) is 9.92. The van der Waals surface area contributed by atoms with Gasteiger partial charge in [0.05, 0.1) is 28.8 Å². The Kier molecular flexibility index (Phi) is 7.32. The predicted molar refractivity (Wildman–Crippen MR) is 136 cm³/mol. The van der Waals surface area contributed by atoms with E-state index in [1.165, 1.54) is 4.90 Å². The molecule has 0 spiro atoms. The summed E-state index contributed by atoms with van der Waals surface area (Å²) in [7, 11) is 1.61. The molecule has 2 fully saturated rings. The topological polar surface area (TPSA) is 83.1 Å². The number of carbonyl (C=O) groups is 3. The maximum Gasteiger partial charge on any atom is 0.263 e. The molecule has 2 atom stereocenters. The summed E-state index contributed by atoms with van der Waals surface area (Å²) < 4.78 is 5.09. The van der Waals surface area contributed by atoms with Crippen LogP contribution in [0.4, 0.5) is 5.69 Å². The number of nitrogens with zero attached hydrogens (tertiary/aromatic N) is 4. The Morgan fingerprint density at radius 2 is 1.94 bits per heavy atom. The van der Waals surface area contributed by atoms with Crippen LogP contribution in [0.1, 0.15) is 70.8 Å². The normalized spacial score (nSPS) is 22.2. The summed E-state index contributed by atoms with van der Waals surface area (Å²) in [6.07, 6.45) is 9.01. The lowest BCUT2D eigenvalue weighted by molar-refractivity contribution is -0.139. The van der Waals surface area contributed by atoms with Crippen molar-refractivity contribution in [2.24, 2.45) is 5.92 Å². The van der Waals surface area contributed by atoms with Crippen LogP contribution in [-0.4, -0.2) is 72.4 Å². The number of benzene rings is 1. The van der Waals surface area contributed by atoms with Crippen molar-refractivity contribution in [1.82, 2.24) is 14.8 Å². The molecule has 0 aliphatic carbocycles. The molecule has 1 aromatic carbocycles. The van der Waals surface area contributed by atoms with E-state index in [-0.39, 0.29) is 29.7 Å². The first-order valence-corrected chi connectivity index (χ1v) is 13.0. The molecule has 5 rings (SSSR count). The standard InChI is InChI=1S/C28H34N4O4/c1-36-17-7-16-32-27(34)22-10-4-12-24(25(22)28(32)35)30-14-6-9-21(19-30)26(33)31-15-3-2-11-23(31)20-8-5-13-29-18-20/h4-5,8,10,12-13,18,21,23H,2-3,6-7,9,11,14-17,19H2,1H3/t21-,23+/m0/s1. The summed E-state index contributed by atoms with van der Waals surface area (Å²) in [4.78, 5) is 49.8. The van der Waals surface area contributed by atoms with Gasteiger partial charge in [0.1, 0.15) is 0 Å². The first-order valence-electron chi connectivity index (χ1n) is 13.0. The minimum atomic E-state index is -0.247. The Balaban J connectivity index is 1.35. The molecule has 36 heavy (non-hydrogen) atoms. The van der Waals surface area contributed by atoms with E-state index in [2.05, 4.69) is 20.9 Å². The van der Waals surface area contributed by atoms with Crippen LogP contribution in [0.3, 0.4) is 0 Å². The number of amides is 3. The van der Waals surface area contributed by atoms with E-state index in [0.717, 1.165) is 56.4 Å². The molecule has 0 unspecified atom stereocenters. The molecule has 0 saturated carbocycles. The van der Waals surface area contributed by atoms with Crippen LogP contribution in [0.25, 0.3) is 0 Å². The third-order valence-corrected chi connectivity index (χ3v) is 7.67. The number of anilines is 1. The number of imide groups is 1. The zero-order valence-corrected chi connectivity index (χ0v) is 20.9. The average Bonchev–Trinajstić information content (AvgIpc) is 3.18. The van der Waals surface area contributed by atoms with Gasteiger partial charge in [0.25, 0.3) is 11.8 Å². The summed E-state index contributed by atoms with van der Waals surface area (Å²) in [5, 5.41) is 0. The van der Waals surface area contributed by atoms with E-state index in [1.807, 2.05) is 24.4 Å². The second-order valence-electron chi connectivity index (χ2n) is 9.92. The van der Waals surface area contributed by atoms with Gasteiger partial charge in [-0.1, -0.05) is 12.1 Å². The van der Waals surface area contributed by atoms with Gasteiger partial charge in [-0.15, -0.1) is 0 Å². The van der Waals surface area contributed by atoms with Gasteiger partial charge in [0.15, 0.2) is 0 Å². The Morgan fingerprint density at radius 1 is 1.06 bits per heavy atom. The van der Waals surface area contributed by atoms with Gasteiger partial charge in [-0.05, 0) is 62.3 Å². The van der Waals surface area contributed by atoms with Crippen LogP contribution in [0.2, 0.25) is 0 Å². The molecular weight excluding hydrogens is 456 g/mol. The van der Waals surface area contributed by atoms with E-state index in [0.29, 0.717) is 37.2 Å². The SMILES string of the molecule is COCCCN1C(=O)c2cccc(N3CCC[C@H](C(=O)N4CCCC[C@@H]4c4cccnc4)C3)c2C1=O. The molecule has 3 aliphatic heterocycles. The number of hydrogen-bond donors (Lipinski definition) is 0. The van der Waals surface area contributed by atoms with Crippen LogP contribution >= 0.6 is 0 Å². The quantitative estimate of drug-likeness (QED) is 0.435. The zero-order valence-electron chi connectivity index (χ0n) is 20.9. The van der Waals surface area contributed by atoms with E-state index in [1.54, 1.807) is 19.4 Å². The summed E-state index contributed by atoms with van der Waals surface area (Å²) in [5.74, 6) is -0.450. The van der Waals surface area contributed by atoms with Gasteiger partial charge < -0.3 is 14.5 Å². The maximum atomic E-state index is 13.8. The fourth-order valence-electron chi connectivity index (χ4n) is 5.90. The van der Waals surface area contributed by atoms with Crippen molar-refractivity contribution in [2.45, 2.75) is 44.6 Å². The van der Waals surface area contributed by atoms with Crippen LogP contribution < -0.4 is 4.90 Å². The minimum Gasteiger partial charge on any atom is -0.385 e. The highest BCUT2D eigenvalue weighted by Gasteiger charge is 2.40. The Morgan fingerprint density at radius 3 is 2.75 bits per heavy atom. The third kappa shape index (κ3) is 4.62. The highest BCUT2D eigenvalue weighted by molar-refractivity contribution is 6.23. The molecule has 2 saturated heterocycles. The number of fused-ring (bicyclic) bond motifs is 1. The van der Waals surface area contributed by atoms with Crippen molar-refractivity contribution in [1.29, 1.82) is 0 Å². The van der Waals surface area contributed by atoms with E-state index < -0.39 is 0 Å². The van der Waals surface area contributed by atoms with Crippen molar-refractivity contribution in [3.63, 3.8) is 0 Å². The lowest BCUT2D eigenvalue weighted by Crippen LogP contribution is -2.47. The highest BCUT2D eigenvalue weighted by atomic mass is 16.5. The number of piperidine rings is 2. The van der Waals surface area contributed by atoms with Crippen LogP contribution in [0, 0.1) is 5.92 Å². The zero-order chi connectivity index (χ0) is 25.1. The van der Waals surface area contributed by atoms with Crippen LogP contribution in [0.5, 0.6) is 0 Å². The molecule has 3 amide bonds. The summed E-state index contributed by atoms with van der Waals surface area (Å²) in [6, 6.07) is 9.54. The summed E-state index contributed by atoms with van der Waals surface area (Å²) in [6.45, 7) is 2.91. The highest BCUT2D eigenvalue weighted by Crippen LogP contribution is 2.36. The van der Waals surface area contributed by atoms with E-state index >= 15 is 0 Å². The van der Waals surface area contributed by atoms with Crippen LogP contribution in [0.15, 0.2) is 42.7 Å². The van der Waals surface area contributed by atoms with Gasteiger partial charge in [-0.2, -0.15) is 0 Å². The Bertz CT molecular complexity index is 1120. The van der Waals surface area contributed by atoms with Gasteiger partial charge in [0, 0.05) is 52.3 Å². The van der Waals surface area contributed by atoms with Crippen molar-refractivity contribution < 1.29 is 19.1 Å². The molecule has 0 N–H and O–H groups in total. The molecule has 0 radical (unpaired) electrons. The predicted octanol–water partition coefficient (Wildman–Crippen LogP) is 3.68. The van der Waals surface area contributed by atoms with Gasteiger partial charge in [-0.3, -0.25) is 24.3 Å². The van der Waals surface area contributed by atoms with Gasteiger partial charge in [0.2, 0.25) is 5.91 Å². The van der Waals surface area contributed by atoms with Crippen molar-refractivity contribution in [2.75, 3.05) is 44.8 Å². The monoisotopic (exact) mass is 490 g/mol. The first-order chi connectivity index (χ1) is 17.6. The second kappa shape index (κ2) is 10.8. The van der Waals surface area contributed by atoms with Gasteiger partial charge >= 0.3 is 0 Å². The molecule has 4 heterocycles. The van der Waals surface area contributed by atoms with E-state index in [4.69, 9.17) is 4.74 Å². The third-order valence-electron chi connectivity index (χ3n) is 7.67. The van der Waals surface area contributed by atoms with Crippen molar-refractivity contribution >= 4 is 23.4 Å². The molecule has 3 aliphatic rings. The largest absolute Gasteiger partial charge is 0.385 e. The number of pyridine rings is 1.